The predicted octanol–water partition coefficient (Wildman–Crippen LogP) is 1.04. The molecule has 0 aliphatic heterocycles. The van der Waals surface area contributed by atoms with Gasteiger partial charge in [-0.05, 0) is 23.4 Å². The van der Waals surface area contributed by atoms with E-state index >= 15 is 0 Å². The van der Waals surface area contributed by atoms with Gasteiger partial charge in [-0.15, -0.1) is 5.10 Å². The van der Waals surface area contributed by atoms with Crippen LogP contribution < -0.4 is 10.1 Å². The maximum Gasteiger partial charge on any atom is 0.422 e. The first-order valence-electron chi connectivity index (χ1n) is 6.45. The van der Waals surface area contributed by atoms with Crippen LogP contribution in [-0.4, -0.2) is 43.9 Å². The van der Waals surface area contributed by atoms with Crippen LogP contribution >= 0.6 is 0 Å². The van der Waals surface area contributed by atoms with Gasteiger partial charge in [-0.2, -0.15) is 13.2 Å². The largest absolute Gasteiger partial charge is 0.468 e. The number of alkyl halides is 3. The van der Waals surface area contributed by atoms with E-state index in [2.05, 4.69) is 30.6 Å². The van der Waals surface area contributed by atoms with Crippen molar-refractivity contribution in [3.8, 4) is 5.88 Å². The number of halogens is 3. The number of nitrogens with zero attached hydrogens (tertiary/aromatic N) is 5. The van der Waals surface area contributed by atoms with Gasteiger partial charge in [0.1, 0.15) is 0 Å². The van der Waals surface area contributed by atoms with Crippen molar-refractivity contribution in [1.29, 1.82) is 0 Å². The van der Waals surface area contributed by atoms with Crippen molar-refractivity contribution in [2.45, 2.75) is 19.1 Å². The van der Waals surface area contributed by atoms with Crippen LogP contribution in [0.2, 0.25) is 0 Å². The molecule has 1 unspecified atom stereocenters. The SMILES string of the molecule is CC(NC(=O)c1ccnc(OCC(F)(F)F)c1)c1nnnn1C. The molecule has 1 N–H and O–H groups in total. The summed E-state index contributed by atoms with van der Waals surface area (Å²) in [4.78, 5) is 15.7. The first-order chi connectivity index (χ1) is 10.8. The number of rotatable bonds is 5. The first-order valence-corrected chi connectivity index (χ1v) is 6.45. The minimum atomic E-state index is -4.48. The van der Waals surface area contributed by atoms with Crippen molar-refractivity contribution in [2.75, 3.05) is 6.61 Å². The van der Waals surface area contributed by atoms with Crippen molar-refractivity contribution >= 4 is 5.91 Å². The van der Waals surface area contributed by atoms with E-state index in [4.69, 9.17) is 0 Å². The van der Waals surface area contributed by atoms with Crippen LogP contribution in [0.5, 0.6) is 5.88 Å². The Hall–Kier alpha value is -2.72. The number of aryl methyl sites for hydroxylation is 1. The molecule has 2 aromatic heterocycles. The van der Waals surface area contributed by atoms with Crippen LogP contribution in [0, 0.1) is 0 Å². The van der Waals surface area contributed by atoms with Gasteiger partial charge in [0.15, 0.2) is 12.4 Å². The van der Waals surface area contributed by atoms with Gasteiger partial charge in [0.2, 0.25) is 5.88 Å². The number of tetrazole rings is 1. The summed E-state index contributed by atoms with van der Waals surface area (Å²) in [6, 6.07) is 2.00. The Morgan fingerprint density at radius 3 is 2.83 bits per heavy atom. The number of carbonyl (C=O) groups excluding carboxylic acids is 1. The third-order valence-electron chi connectivity index (χ3n) is 2.77. The van der Waals surface area contributed by atoms with Gasteiger partial charge < -0.3 is 10.1 Å². The number of nitrogens with one attached hydrogen (secondary N) is 1. The maximum atomic E-state index is 12.1. The topological polar surface area (TPSA) is 94.8 Å². The summed E-state index contributed by atoms with van der Waals surface area (Å²) in [5.74, 6) is -0.372. The lowest BCUT2D eigenvalue weighted by Crippen LogP contribution is -2.28. The quantitative estimate of drug-likeness (QED) is 0.880. The minimum Gasteiger partial charge on any atom is -0.468 e. The van der Waals surface area contributed by atoms with Gasteiger partial charge in [0.05, 0.1) is 6.04 Å². The fourth-order valence-corrected chi connectivity index (χ4v) is 1.73. The van der Waals surface area contributed by atoms with Crippen LogP contribution in [0.3, 0.4) is 0 Å². The predicted molar refractivity (Wildman–Crippen MR) is 70.5 cm³/mol. The fraction of sp³-hybridized carbons (Fsp3) is 0.417. The molecule has 0 aliphatic carbocycles. The van der Waals surface area contributed by atoms with Crippen LogP contribution in [0.25, 0.3) is 0 Å². The van der Waals surface area contributed by atoms with E-state index in [1.165, 1.54) is 16.9 Å². The number of amides is 1. The zero-order valence-corrected chi connectivity index (χ0v) is 12.2. The zero-order valence-electron chi connectivity index (χ0n) is 12.2. The van der Waals surface area contributed by atoms with Gasteiger partial charge in [0, 0.05) is 24.9 Å². The van der Waals surface area contributed by atoms with Crippen LogP contribution in [-0.2, 0) is 7.05 Å². The zero-order chi connectivity index (χ0) is 17.0. The molecule has 124 valence electrons. The summed E-state index contributed by atoms with van der Waals surface area (Å²) in [7, 11) is 1.62. The smallest absolute Gasteiger partial charge is 0.422 e. The summed E-state index contributed by atoms with van der Waals surface area (Å²) in [6.45, 7) is 0.192. The molecule has 0 fully saturated rings. The van der Waals surface area contributed by atoms with Crippen molar-refractivity contribution in [3.05, 3.63) is 29.7 Å². The highest BCUT2D eigenvalue weighted by Gasteiger charge is 2.28. The fourth-order valence-electron chi connectivity index (χ4n) is 1.73. The molecule has 11 heteroatoms. The van der Waals surface area contributed by atoms with Gasteiger partial charge in [-0.25, -0.2) is 9.67 Å². The molecular weight excluding hydrogens is 317 g/mol. The van der Waals surface area contributed by atoms with E-state index < -0.39 is 24.7 Å². The van der Waals surface area contributed by atoms with Crippen molar-refractivity contribution in [3.63, 3.8) is 0 Å². The van der Waals surface area contributed by atoms with Crippen LogP contribution in [0.1, 0.15) is 29.1 Å². The summed E-state index contributed by atoms with van der Waals surface area (Å²) < 4.78 is 42.2. The minimum absolute atomic E-state index is 0.110. The van der Waals surface area contributed by atoms with E-state index in [0.29, 0.717) is 5.82 Å². The lowest BCUT2D eigenvalue weighted by Gasteiger charge is -2.13. The number of pyridine rings is 1. The highest BCUT2D eigenvalue weighted by molar-refractivity contribution is 5.94. The van der Waals surface area contributed by atoms with Gasteiger partial charge >= 0.3 is 6.18 Å². The summed E-state index contributed by atoms with van der Waals surface area (Å²) in [5, 5.41) is 13.5. The van der Waals surface area contributed by atoms with E-state index in [-0.39, 0.29) is 11.4 Å². The molecule has 2 aromatic rings. The molecule has 2 rings (SSSR count). The summed E-state index contributed by atoms with van der Waals surface area (Å²) >= 11 is 0. The van der Waals surface area contributed by atoms with Crippen LogP contribution in [0.4, 0.5) is 13.2 Å². The van der Waals surface area contributed by atoms with Crippen molar-refractivity contribution < 1.29 is 22.7 Å². The van der Waals surface area contributed by atoms with E-state index in [0.717, 1.165) is 6.07 Å². The summed E-state index contributed by atoms with van der Waals surface area (Å²) in [6.07, 6.45) is -3.29. The Kier molecular flexibility index (Phi) is 4.77. The molecule has 1 atom stereocenters. The second kappa shape index (κ2) is 6.58. The van der Waals surface area contributed by atoms with Crippen LogP contribution in [0.15, 0.2) is 18.3 Å². The van der Waals surface area contributed by atoms with Gasteiger partial charge in [-0.3, -0.25) is 4.79 Å². The molecular formula is C12H13F3N6O2. The molecule has 0 saturated heterocycles. The number of aromatic nitrogens is 5. The normalized spacial score (nSPS) is 12.7. The highest BCUT2D eigenvalue weighted by atomic mass is 19.4. The first kappa shape index (κ1) is 16.6. The molecule has 1 amide bonds. The van der Waals surface area contributed by atoms with Crippen molar-refractivity contribution in [1.82, 2.24) is 30.5 Å². The Bertz CT molecular complexity index is 687. The number of hydrogen-bond donors (Lipinski definition) is 1. The number of carbonyl (C=O) groups is 1. The third-order valence-corrected chi connectivity index (χ3v) is 2.77. The Morgan fingerprint density at radius 2 is 2.22 bits per heavy atom. The molecule has 0 spiro atoms. The monoisotopic (exact) mass is 330 g/mol. The molecule has 0 radical (unpaired) electrons. The highest BCUT2D eigenvalue weighted by Crippen LogP contribution is 2.18. The lowest BCUT2D eigenvalue weighted by molar-refractivity contribution is -0.154. The Labute approximate surface area is 128 Å². The third kappa shape index (κ3) is 4.63. The molecule has 0 bridgehead atoms. The summed E-state index contributed by atoms with van der Waals surface area (Å²) in [5.41, 5.74) is 0.110. The van der Waals surface area contributed by atoms with E-state index in [1.807, 2.05) is 0 Å². The van der Waals surface area contributed by atoms with Crippen molar-refractivity contribution in [2.24, 2.45) is 7.05 Å². The lowest BCUT2D eigenvalue weighted by atomic mass is 10.2. The standard InChI is InChI=1S/C12H13F3N6O2/c1-7(10-18-19-20-21(10)2)17-11(22)8-3-4-16-9(5-8)23-6-12(13,14)15/h3-5,7H,6H2,1-2H3,(H,17,22). The second-order valence-corrected chi connectivity index (χ2v) is 4.64. The molecule has 8 nitrogen and oxygen atoms in total. The Balaban J connectivity index is 2.03. The average Bonchev–Trinajstić information content (AvgIpc) is 2.91. The maximum absolute atomic E-state index is 12.1. The molecule has 0 aromatic carbocycles. The van der Waals surface area contributed by atoms with Gasteiger partial charge in [0.25, 0.3) is 5.91 Å². The molecule has 23 heavy (non-hydrogen) atoms. The molecule has 0 aliphatic rings. The average molecular weight is 330 g/mol. The number of ether oxygens (including phenoxy) is 1. The second-order valence-electron chi connectivity index (χ2n) is 4.64. The number of hydrogen-bond acceptors (Lipinski definition) is 6. The van der Waals surface area contributed by atoms with E-state index in [9.17, 15) is 18.0 Å². The van der Waals surface area contributed by atoms with Gasteiger partial charge in [-0.1, -0.05) is 0 Å². The molecule has 2 heterocycles. The molecule has 0 saturated carbocycles. The Morgan fingerprint density at radius 1 is 1.48 bits per heavy atom. The van der Waals surface area contributed by atoms with E-state index in [1.54, 1.807) is 14.0 Å².